The van der Waals surface area contributed by atoms with Gasteiger partial charge in [0.05, 0.1) is 42.7 Å². The van der Waals surface area contributed by atoms with Crippen LogP contribution in [0.3, 0.4) is 0 Å². The summed E-state index contributed by atoms with van der Waals surface area (Å²) in [7, 11) is 0. The molecule has 8 atom stereocenters. The molecule has 0 spiro atoms. The number of hydrogen-bond donors (Lipinski definition) is 1. The lowest BCUT2D eigenvalue weighted by molar-refractivity contribution is -0.145. The molecule has 3 saturated heterocycles. The van der Waals surface area contributed by atoms with Crippen LogP contribution in [0.1, 0.15) is 168 Å². The lowest BCUT2D eigenvalue weighted by Crippen LogP contribution is -2.38. The number of rotatable bonds is 21. The summed E-state index contributed by atoms with van der Waals surface area (Å²) in [6.45, 7) is 4.19. The third kappa shape index (κ3) is 12.1. The molecule has 3 fully saturated rings. The van der Waals surface area contributed by atoms with Gasteiger partial charge < -0.3 is 24.1 Å². The molecule has 6 heteroatoms. The summed E-state index contributed by atoms with van der Waals surface area (Å²) in [5, 5.41) is 10.8. The van der Waals surface area contributed by atoms with Crippen molar-refractivity contribution in [1.29, 1.82) is 0 Å². The van der Waals surface area contributed by atoms with E-state index in [0.717, 1.165) is 63.4 Å². The third-order valence-electron chi connectivity index (χ3n) is 10.4. The molecule has 0 aromatic heterocycles. The average Bonchev–Trinajstić information content (AvgIpc) is 3.76. The summed E-state index contributed by atoms with van der Waals surface area (Å²) < 4.78 is 24.6. The maximum absolute atomic E-state index is 11.6. The van der Waals surface area contributed by atoms with Crippen LogP contribution < -0.4 is 0 Å². The number of carbonyl (C=O) groups is 1. The van der Waals surface area contributed by atoms with E-state index in [4.69, 9.17) is 18.9 Å². The Morgan fingerprint density at radius 3 is 2.00 bits per heavy atom. The van der Waals surface area contributed by atoms with E-state index in [-0.39, 0.29) is 48.7 Å². The van der Waals surface area contributed by atoms with Crippen LogP contribution in [0.5, 0.6) is 0 Å². The lowest BCUT2D eigenvalue weighted by atomic mass is 9.96. The van der Waals surface area contributed by atoms with Crippen LogP contribution in [0.25, 0.3) is 0 Å². The van der Waals surface area contributed by atoms with Crippen LogP contribution in [0.15, 0.2) is 11.6 Å². The molecule has 1 N–H and O–H groups in total. The third-order valence-corrected chi connectivity index (χ3v) is 10.4. The number of aliphatic hydroxyl groups excluding tert-OH is 1. The van der Waals surface area contributed by atoms with Gasteiger partial charge in [0.15, 0.2) is 0 Å². The van der Waals surface area contributed by atoms with E-state index >= 15 is 0 Å². The van der Waals surface area contributed by atoms with E-state index < -0.39 is 0 Å². The van der Waals surface area contributed by atoms with E-state index in [1.165, 1.54) is 96.3 Å². The first-order chi connectivity index (χ1) is 21.0. The van der Waals surface area contributed by atoms with Crippen molar-refractivity contribution < 1.29 is 28.8 Å². The molecule has 43 heavy (non-hydrogen) atoms. The molecule has 0 aromatic rings. The van der Waals surface area contributed by atoms with E-state index in [1.54, 1.807) is 0 Å². The number of unbranched alkanes of at least 4 members (excludes halogenated alkanes) is 12. The van der Waals surface area contributed by atoms with Crippen LogP contribution in [0.2, 0.25) is 0 Å². The van der Waals surface area contributed by atoms with Gasteiger partial charge >= 0.3 is 5.97 Å². The van der Waals surface area contributed by atoms with Gasteiger partial charge in [0, 0.05) is 5.57 Å². The molecular weight excluding hydrogens is 540 g/mol. The first-order valence-corrected chi connectivity index (χ1v) is 18.6. The molecule has 0 radical (unpaired) electrons. The van der Waals surface area contributed by atoms with Crippen molar-refractivity contribution in [1.82, 2.24) is 0 Å². The topological polar surface area (TPSA) is 74.2 Å². The molecule has 248 valence electrons. The van der Waals surface area contributed by atoms with E-state index in [9.17, 15) is 9.90 Å². The fourth-order valence-corrected chi connectivity index (χ4v) is 7.78. The van der Waals surface area contributed by atoms with Crippen molar-refractivity contribution in [2.45, 2.75) is 217 Å². The summed E-state index contributed by atoms with van der Waals surface area (Å²) >= 11 is 0. The zero-order valence-electron chi connectivity index (χ0n) is 27.7. The number of ether oxygens (including phenoxy) is 4. The van der Waals surface area contributed by atoms with Crippen molar-refractivity contribution >= 4 is 5.97 Å². The van der Waals surface area contributed by atoms with Gasteiger partial charge in [-0.05, 0) is 83.6 Å². The molecule has 0 bridgehead atoms. The van der Waals surface area contributed by atoms with Crippen molar-refractivity contribution in [2.75, 3.05) is 0 Å². The minimum absolute atomic E-state index is 0.0231. The smallest absolute Gasteiger partial charge is 0.334 e. The molecule has 0 aliphatic carbocycles. The Kier molecular flexibility index (Phi) is 15.9. The minimum Gasteiger partial charge on any atom is -0.455 e. The van der Waals surface area contributed by atoms with Crippen LogP contribution in [-0.2, 0) is 23.7 Å². The maximum atomic E-state index is 11.6. The Hall–Kier alpha value is -0.950. The second-order valence-electron chi connectivity index (χ2n) is 14.1. The molecule has 4 aliphatic rings. The first-order valence-electron chi connectivity index (χ1n) is 18.6. The molecule has 4 heterocycles. The highest BCUT2D eigenvalue weighted by Crippen LogP contribution is 2.37. The van der Waals surface area contributed by atoms with Crippen molar-refractivity contribution in [3.63, 3.8) is 0 Å². The van der Waals surface area contributed by atoms with E-state index in [2.05, 4.69) is 6.92 Å². The van der Waals surface area contributed by atoms with Crippen molar-refractivity contribution in [3.8, 4) is 0 Å². The normalized spacial score (nSPS) is 31.8. The highest BCUT2D eigenvalue weighted by atomic mass is 16.6. The first kappa shape index (κ1) is 34.9. The van der Waals surface area contributed by atoms with Crippen LogP contribution in [-0.4, -0.2) is 59.9 Å². The minimum atomic E-state index is -0.345. The number of cyclic esters (lactones) is 1. The molecule has 4 aliphatic heterocycles. The zero-order chi connectivity index (χ0) is 30.3. The van der Waals surface area contributed by atoms with Gasteiger partial charge in [-0.3, -0.25) is 0 Å². The fraction of sp³-hybridized carbons (Fsp3) is 0.919. The average molecular weight is 605 g/mol. The van der Waals surface area contributed by atoms with Crippen LogP contribution >= 0.6 is 0 Å². The zero-order valence-corrected chi connectivity index (χ0v) is 27.7. The monoisotopic (exact) mass is 604 g/mol. The highest BCUT2D eigenvalue weighted by molar-refractivity contribution is 5.90. The summed E-state index contributed by atoms with van der Waals surface area (Å²) in [4.78, 5) is 11.6. The SMILES string of the molecule is CCCCCCC1CCCC(C2CCC(C3CC[C@H](C(O)CCCCCCCCCCCCC4=C[C@H](C)OC4=O)O3)O2)O1. The number of carbonyl (C=O) groups excluding carboxylic acids is 1. The van der Waals surface area contributed by atoms with E-state index in [1.807, 2.05) is 13.0 Å². The number of esters is 1. The molecule has 0 saturated carbocycles. The van der Waals surface area contributed by atoms with Gasteiger partial charge in [-0.25, -0.2) is 4.79 Å². The molecule has 6 nitrogen and oxygen atoms in total. The molecule has 0 aromatic carbocycles. The van der Waals surface area contributed by atoms with Crippen LogP contribution in [0, 0.1) is 0 Å². The van der Waals surface area contributed by atoms with Gasteiger partial charge in [0.1, 0.15) is 6.10 Å². The largest absolute Gasteiger partial charge is 0.455 e. The quantitative estimate of drug-likeness (QED) is 0.104. The Morgan fingerprint density at radius 1 is 0.721 bits per heavy atom. The Labute approximate surface area is 263 Å². The summed E-state index contributed by atoms with van der Waals surface area (Å²) in [6, 6.07) is 0. The standard InChI is InChI=1S/C37H64O6/c1-3-4-5-15-19-30-20-17-22-33(41-30)34-25-26-36(43-34)35-24-23-32(42-35)31(38)21-16-13-11-9-7-6-8-10-12-14-18-29-27-28(2)40-37(29)39/h27-28,30-36,38H,3-26H2,1-2H3/t28-,30?,31?,32+,33?,34?,35?,36?/m0/s1. The Balaban J connectivity index is 0.972. The predicted octanol–water partition coefficient (Wildman–Crippen LogP) is 8.90. The highest BCUT2D eigenvalue weighted by Gasteiger charge is 2.42. The molecular formula is C37H64O6. The lowest BCUT2D eigenvalue weighted by Gasteiger charge is -2.34. The predicted molar refractivity (Wildman–Crippen MR) is 172 cm³/mol. The maximum Gasteiger partial charge on any atom is 0.334 e. The summed E-state index contributed by atoms with van der Waals surface area (Å²) in [6.07, 6.45) is 30.9. The number of aliphatic hydroxyl groups is 1. The summed E-state index contributed by atoms with van der Waals surface area (Å²) in [5.74, 6) is -0.113. The molecule has 4 rings (SSSR count). The van der Waals surface area contributed by atoms with Crippen molar-refractivity contribution in [3.05, 3.63) is 11.6 Å². The second-order valence-corrected chi connectivity index (χ2v) is 14.1. The van der Waals surface area contributed by atoms with Gasteiger partial charge in [-0.1, -0.05) is 90.4 Å². The van der Waals surface area contributed by atoms with E-state index in [0.29, 0.717) is 6.10 Å². The van der Waals surface area contributed by atoms with Gasteiger partial charge in [-0.2, -0.15) is 0 Å². The van der Waals surface area contributed by atoms with Gasteiger partial charge in [-0.15, -0.1) is 0 Å². The molecule has 0 amide bonds. The van der Waals surface area contributed by atoms with Gasteiger partial charge in [0.2, 0.25) is 0 Å². The second kappa shape index (κ2) is 19.5. The number of hydrogen-bond acceptors (Lipinski definition) is 6. The Bertz CT molecular complexity index is 813. The van der Waals surface area contributed by atoms with Crippen LogP contribution in [0.4, 0.5) is 0 Å². The summed E-state index contributed by atoms with van der Waals surface area (Å²) in [5.41, 5.74) is 0.875. The fourth-order valence-electron chi connectivity index (χ4n) is 7.78. The Morgan fingerprint density at radius 2 is 1.33 bits per heavy atom. The molecule has 6 unspecified atom stereocenters. The van der Waals surface area contributed by atoms with Crippen molar-refractivity contribution in [2.24, 2.45) is 0 Å². The van der Waals surface area contributed by atoms with Gasteiger partial charge in [0.25, 0.3) is 0 Å².